The van der Waals surface area contributed by atoms with Crippen molar-refractivity contribution in [2.45, 2.75) is 5.41 Å². The van der Waals surface area contributed by atoms with Gasteiger partial charge in [-0.3, -0.25) is 0 Å². The molecule has 25 heavy (non-hydrogen) atoms. The lowest BCUT2D eigenvalue weighted by atomic mass is 9.68. The summed E-state index contributed by atoms with van der Waals surface area (Å²) in [6.45, 7) is 0. The molecule has 0 fully saturated rings. The smallest absolute Gasteiger partial charge is 0.158 e. The van der Waals surface area contributed by atoms with Crippen molar-refractivity contribution in [3.05, 3.63) is 107 Å². The number of nitrogens with zero attached hydrogens (tertiary/aromatic N) is 1. The highest BCUT2D eigenvalue weighted by Gasteiger charge is 2.43. The number of amidine groups is 1. The van der Waals surface area contributed by atoms with Gasteiger partial charge in [-0.1, -0.05) is 65.8 Å². The maximum atomic E-state index is 14.8. The summed E-state index contributed by atoms with van der Waals surface area (Å²) in [6.07, 6.45) is 0. The average Bonchev–Trinajstić information content (AvgIpc) is 2.65. The molecule has 3 aromatic rings. The van der Waals surface area contributed by atoms with Gasteiger partial charge in [0.1, 0.15) is 17.0 Å². The monoisotopic (exact) mass is 338 g/mol. The highest BCUT2D eigenvalue weighted by Crippen LogP contribution is 2.40. The summed E-state index contributed by atoms with van der Waals surface area (Å²) in [4.78, 5) is 0. The normalized spacial score (nSPS) is 14.1. The van der Waals surface area contributed by atoms with Crippen LogP contribution in [-0.4, -0.2) is 11.0 Å². The standard InChI is InChI=1S/C20H16F2N2O/c21-16-12-10-15(11-13-16)20(19(23)24-25,14-6-2-1-3-7-14)17-8-4-5-9-18(17)22/h1-13,25H,(H2,23,24). The molecule has 0 aliphatic carbocycles. The molecule has 3 rings (SSSR count). The van der Waals surface area contributed by atoms with Crippen LogP contribution in [0.3, 0.4) is 0 Å². The van der Waals surface area contributed by atoms with Gasteiger partial charge in [0.15, 0.2) is 5.84 Å². The van der Waals surface area contributed by atoms with Crippen molar-refractivity contribution < 1.29 is 14.0 Å². The number of nitrogens with two attached hydrogens (primary N) is 1. The Bertz CT molecular complexity index is 895. The predicted octanol–water partition coefficient (Wildman–Crippen LogP) is 4.05. The van der Waals surface area contributed by atoms with Crippen LogP contribution >= 0.6 is 0 Å². The van der Waals surface area contributed by atoms with E-state index in [1.54, 1.807) is 42.5 Å². The fourth-order valence-corrected chi connectivity index (χ4v) is 3.14. The molecule has 0 saturated heterocycles. The molecule has 0 saturated carbocycles. The van der Waals surface area contributed by atoms with Gasteiger partial charge >= 0.3 is 0 Å². The van der Waals surface area contributed by atoms with E-state index in [9.17, 15) is 14.0 Å². The fourth-order valence-electron chi connectivity index (χ4n) is 3.14. The molecule has 5 heteroatoms. The van der Waals surface area contributed by atoms with Crippen LogP contribution in [0.5, 0.6) is 0 Å². The van der Waals surface area contributed by atoms with E-state index in [-0.39, 0.29) is 11.4 Å². The van der Waals surface area contributed by atoms with E-state index >= 15 is 0 Å². The zero-order valence-corrected chi connectivity index (χ0v) is 13.2. The van der Waals surface area contributed by atoms with Crippen LogP contribution < -0.4 is 5.73 Å². The van der Waals surface area contributed by atoms with Gasteiger partial charge in [0, 0.05) is 5.56 Å². The van der Waals surface area contributed by atoms with Crippen molar-refractivity contribution in [1.82, 2.24) is 0 Å². The maximum absolute atomic E-state index is 14.8. The summed E-state index contributed by atoms with van der Waals surface area (Å²) < 4.78 is 28.2. The van der Waals surface area contributed by atoms with E-state index in [1.165, 1.54) is 30.3 Å². The molecule has 0 spiro atoms. The minimum absolute atomic E-state index is 0.211. The Hall–Kier alpha value is -3.21. The molecular weight excluding hydrogens is 322 g/mol. The van der Waals surface area contributed by atoms with Crippen molar-refractivity contribution in [1.29, 1.82) is 0 Å². The first-order valence-corrected chi connectivity index (χ1v) is 7.65. The second kappa shape index (κ2) is 6.73. The molecule has 3 N–H and O–H groups in total. The van der Waals surface area contributed by atoms with Gasteiger partial charge in [0.05, 0.1) is 0 Å². The lowest BCUT2D eigenvalue weighted by Crippen LogP contribution is -2.44. The van der Waals surface area contributed by atoms with E-state index in [4.69, 9.17) is 5.73 Å². The lowest BCUT2D eigenvalue weighted by Gasteiger charge is -2.34. The van der Waals surface area contributed by atoms with E-state index < -0.39 is 17.0 Å². The molecule has 3 aromatic carbocycles. The van der Waals surface area contributed by atoms with Gasteiger partial charge in [0.25, 0.3) is 0 Å². The Morgan fingerprint density at radius 1 is 0.800 bits per heavy atom. The third-order valence-corrected chi connectivity index (χ3v) is 4.25. The molecule has 0 heterocycles. The zero-order valence-electron chi connectivity index (χ0n) is 13.2. The van der Waals surface area contributed by atoms with E-state index in [0.717, 1.165) is 0 Å². The second-order valence-corrected chi connectivity index (χ2v) is 5.59. The number of halogens is 2. The highest BCUT2D eigenvalue weighted by molar-refractivity contribution is 5.98. The second-order valence-electron chi connectivity index (χ2n) is 5.59. The van der Waals surface area contributed by atoms with Crippen molar-refractivity contribution >= 4 is 5.84 Å². The topological polar surface area (TPSA) is 58.6 Å². The highest BCUT2D eigenvalue weighted by atomic mass is 19.1. The van der Waals surface area contributed by atoms with Crippen LogP contribution in [0.2, 0.25) is 0 Å². The van der Waals surface area contributed by atoms with E-state index in [2.05, 4.69) is 5.16 Å². The van der Waals surface area contributed by atoms with Crippen LogP contribution in [0, 0.1) is 11.6 Å². The fraction of sp³-hybridized carbons (Fsp3) is 0.0500. The van der Waals surface area contributed by atoms with Crippen LogP contribution in [0.25, 0.3) is 0 Å². The van der Waals surface area contributed by atoms with Crippen LogP contribution in [-0.2, 0) is 5.41 Å². The van der Waals surface area contributed by atoms with Crippen molar-refractivity contribution in [2.24, 2.45) is 10.9 Å². The third kappa shape index (κ3) is 2.74. The van der Waals surface area contributed by atoms with Crippen molar-refractivity contribution in [2.75, 3.05) is 0 Å². The first-order chi connectivity index (χ1) is 12.1. The van der Waals surface area contributed by atoms with Crippen molar-refractivity contribution in [3.8, 4) is 0 Å². The first kappa shape index (κ1) is 16.6. The van der Waals surface area contributed by atoms with E-state index in [1.807, 2.05) is 6.07 Å². The lowest BCUT2D eigenvalue weighted by molar-refractivity contribution is 0.314. The summed E-state index contributed by atoms with van der Waals surface area (Å²) in [7, 11) is 0. The molecule has 0 aliphatic rings. The summed E-state index contributed by atoms with van der Waals surface area (Å²) in [5.74, 6) is -1.16. The number of rotatable bonds is 4. The summed E-state index contributed by atoms with van der Waals surface area (Å²) in [5.41, 5.74) is 6.00. The van der Waals surface area contributed by atoms with Gasteiger partial charge in [-0.25, -0.2) is 8.78 Å². The van der Waals surface area contributed by atoms with E-state index in [0.29, 0.717) is 11.1 Å². The van der Waals surface area contributed by atoms with Gasteiger partial charge in [0.2, 0.25) is 0 Å². The molecule has 126 valence electrons. The summed E-state index contributed by atoms with van der Waals surface area (Å²) in [5, 5.41) is 12.7. The number of oxime groups is 1. The Kier molecular flexibility index (Phi) is 4.48. The summed E-state index contributed by atoms with van der Waals surface area (Å²) >= 11 is 0. The largest absolute Gasteiger partial charge is 0.409 e. The van der Waals surface area contributed by atoms with Gasteiger partial charge < -0.3 is 10.9 Å². The minimum atomic E-state index is -1.39. The molecule has 0 aromatic heterocycles. The van der Waals surface area contributed by atoms with Crippen LogP contribution in [0.4, 0.5) is 8.78 Å². The molecule has 1 unspecified atom stereocenters. The third-order valence-electron chi connectivity index (χ3n) is 4.25. The van der Waals surface area contributed by atoms with Crippen LogP contribution in [0.1, 0.15) is 16.7 Å². The van der Waals surface area contributed by atoms with Gasteiger partial charge in [-0.15, -0.1) is 0 Å². The number of hydrogen-bond donors (Lipinski definition) is 2. The molecular formula is C20H16F2N2O. The number of benzene rings is 3. The Labute approximate surface area is 144 Å². The predicted molar refractivity (Wildman–Crippen MR) is 92.5 cm³/mol. The molecule has 3 nitrogen and oxygen atoms in total. The Morgan fingerprint density at radius 3 is 1.96 bits per heavy atom. The van der Waals surface area contributed by atoms with Crippen LogP contribution in [0.15, 0.2) is 84.0 Å². The molecule has 0 bridgehead atoms. The van der Waals surface area contributed by atoms with Crippen molar-refractivity contribution in [3.63, 3.8) is 0 Å². The minimum Gasteiger partial charge on any atom is -0.409 e. The molecule has 0 amide bonds. The Balaban J connectivity index is 2.45. The zero-order chi connectivity index (χ0) is 17.9. The van der Waals surface area contributed by atoms with Gasteiger partial charge in [-0.05, 0) is 29.3 Å². The first-order valence-electron chi connectivity index (χ1n) is 7.65. The van der Waals surface area contributed by atoms with Gasteiger partial charge in [-0.2, -0.15) is 0 Å². The summed E-state index contributed by atoms with van der Waals surface area (Å²) in [6, 6.07) is 20.5. The molecule has 0 aliphatic heterocycles. The SMILES string of the molecule is NC(=NO)C(c1ccccc1)(c1ccc(F)cc1)c1ccccc1F. The number of hydrogen-bond acceptors (Lipinski definition) is 2. The molecule has 1 atom stereocenters. The Morgan fingerprint density at radius 2 is 1.36 bits per heavy atom. The average molecular weight is 338 g/mol. The molecule has 0 radical (unpaired) electrons. The quantitative estimate of drug-likeness (QED) is 0.248. The maximum Gasteiger partial charge on any atom is 0.158 e.